The molecule has 0 aliphatic carbocycles. The van der Waals surface area contributed by atoms with Crippen LogP contribution in [0.15, 0.2) is 0 Å². The van der Waals surface area contributed by atoms with Crippen LogP contribution in [0, 0.1) is 5.41 Å². The van der Waals surface area contributed by atoms with Crippen LogP contribution in [0.2, 0.25) is 0 Å². The van der Waals surface area contributed by atoms with Gasteiger partial charge in [0.2, 0.25) is 11.8 Å². The van der Waals surface area contributed by atoms with Gasteiger partial charge < -0.3 is 15.4 Å². The zero-order chi connectivity index (χ0) is 18.9. The number of amides is 2. The molecule has 0 spiro atoms. The molecular formula is C17H28N2O5. The first-order valence-corrected chi connectivity index (χ1v) is 8.02. The summed E-state index contributed by atoms with van der Waals surface area (Å²) in [5, 5.41) is 4.97. The van der Waals surface area contributed by atoms with E-state index in [4.69, 9.17) is 0 Å². The highest BCUT2D eigenvalue weighted by molar-refractivity contribution is 5.92. The Balaban J connectivity index is 4.78. The zero-order valence-corrected chi connectivity index (χ0v) is 15.2. The van der Waals surface area contributed by atoms with Crippen molar-refractivity contribution in [3.8, 4) is 0 Å². The molecule has 0 saturated heterocycles. The second-order valence-electron chi connectivity index (χ2n) is 6.95. The maximum Gasteiger partial charge on any atom is 0.242 e. The largest absolute Gasteiger partial charge is 0.347 e. The van der Waals surface area contributed by atoms with E-state index in [2.05, 4.69) is 10.6 Å². The molecule has 2 amide bonds. The fourth-order valence-corrected chi connectivity index (χ4v) is 1.81. The highest BCUT2D eigenvalue weighted by Gasteiger charge is 2.26. The summed E-state index contributed by atoms with van der Waals surface area (Å²) in [6, 6.07) is -0.907. The van der Waals surface area contributed by atoms with Gasteiger partial charge in [-0.15, -0.1) is 0 Å². The van der Waals surface area contributed by atoms with Crippen molar-refractivity contribution in [3.63, 3.8) is 0 Å². The molecule has 0 rings (SSSR count). The van der Waals surface area contributed by atoms with Crippen LogP contribution in [0.25, 0.3) is 0 Å². The third-order valence-electron chi connectivity index (χ3n) is 3.36. The summed E-state index contributed by atoms with van der Waals surface area (Å²) >= 11 is 0. The third-order valence-corrected chi connectivity index (χ3v) is 3.36. The van der Waals surface area contributed by atoms with Crippen LogP contribution < -0.4 is 10.6 Å². The van der Waals surface area contributed by atoms with E-state index in [1.165, 1.54) is 13.8 Å². The Morgan fingerprint density at radius 1 is 0.875 bits per heavy atom. The molecule has 0 aliphatic heterocycles. The molecule has 0 radical (unpaired) electrons. The van der Waals surface area contributed by atoms with Crippen molar-refractivity contribution < 1.29 is 24.0 Å². The van der Waals surface area contributed by atoms with Crippen molar-refractivity contribution >= 4 is 29.2 Å². The monoisotopic (exact) mass is 340 g/mol. The highest BCUT2D eigenvalue weighted by atomic mass is 16.2. The third kappa shape index (κ3) is 9.86. The van der Waals surface area contributed by atoms with Crippen molar-refractivity contribution in [2.75, 3.05) is 6.54 Å². The van der Waals surface area contributed by atoms with Crippen LogP contribution in [0.1, 0.15) is 60.3 Å². The molecule has 0 aromatic heterocycles. The van der Waals surface area contributed by atoms with E-state index >= 15 is 0 Å². The highest BCUT2D eigenvalue weighted by Crippen LogP contribution is 2.18. The van der Waals surface area contributed by atoms with Gasteiger partial charge in [0.1, 0.15) is 23.4 Å². The molecule has 0 aromatic carbocycles. The maximum absolute atomic E-state index is 12.1. The molecule has 0 aromatic rings. The first-order chi connectivity index (χ1) is 10.9. The average Bonchev–Trinajstić information content (AvgIpc) is 2.45. The first kappa shape index (κ1) is 21.9. The van der Waals surface area contributed by atoms with Gasteiger partial charge in [0.25, 0.3) is 0 Å². The van der Waals surface area contributed by atoms with Gasteiger partial charge in [-0.3, -0.25) is 19.2 Å². The van der Waals surface area contributed by atoms with Crippen molar-refractivity contribution in [2.45, 2.75) is 66.3 Å². The lowest BCUT2D eigenvalue weighted by Crippen LogP contribution is -2.48. The van der Waals surface area contributed by atoms with Gasteiger partial charge in [0.15, 0.2) is 0 Å². The predicted octanol–water partition coefficient (Wildman–Crippen LogP) is 0.941. The fourth-order valence-electron chi connectivity index (χ4n) is 1.81. The summed E-state index contributed by atoms with van der Waals surface area (Å²) in [6.45, 7) is 7.94. The smallest absolute Gasteiger partial charge is 0.242 e. The van der Waals surface area contributed by atoms with E-state index in [9.17, 15) is 24.0 Å². The summed E-state index contributed by atoms with van der Waals surface area (Å²) < 4.78 is 0. The maximum atomic E-state index is 12.1. The van der Waals surface area contributed by atoms with Crippen LogP contribution in [0.5, 0.6) is 0 Å². The normalized spacial score (nSPS) is 12.2. The van der Waals surface area contributed by atoms with Gasteiger partial charge in [0, 0.05) is 24.7 Å². The predicted molar refractivity (Wildman–Crippen MR) is 89.2 cm³/mol. The van der Waals surface area contributed by atoms with Crippen LogP contribution in [0.4, 0.5) is 0 Å². The Morgan fingerprint density at radius 3 is 1.92 bits per heavy atom. The van der Waals surface area contributed by atoms with E-state index < -0.39 is 23.3 Å². The van der Waals surface area contributed by atoms with E-state index in [0.717, 1.165) is 0 Å². The van der Waals surface area contributed by atoms with Crippen molar-refractivity contribution in [3.05, 3.63) is 0 Å². The Hall–Kier alpha value is -2.05. The summed E-state index contributed by atoms with van der Waals surface area (Å²) in [7, 11) is 0. The van der Waals surface area contributed by atoms with Gasteiger partial charge in [-0.1, -0.05) is 20.8 Å². The van der Waals surface area contributed by atoms with E-state index in [-0.39, 0.29) is 49.6 Å². The fraction of sp³-hybridized carbons (Fsp3) is 0.706. The number of rotatable bonds is 10. The quantitative estimate of drug-likeness (QED) is 0.615. The number of hydrogen-bond donors (Lipinski definition) is 2. The number of ketones is 3. The minimum absolute atomic E-state index is 0.0148. The Labute approximate surface area is 142 Å². The van der Waals surface area contributed by atoms with Crippen molar-refractivity contribution in [1.82, 2.24) is 10.6 Å². The Bertz CT molecular complexity index is 506. The average molecular weight is 340 g/mol. The van der Waals surface area contributed by atoms with Crippen molar-refractivity contribution in [2.24, 2.45) is 5.41 Å². The standard InChI is InChI=1S/C17H28N2O5/c1-11(20)6-9-15(23)19-13(16(24)18-10-12(2)21)7-8-14(22)17(3,4)5/h13H,6-10H2,1-5H3,(H,18,24)(H,19,23). The van der Waals surface area contributed by atoms with E-state index in [1.807, 2.05) is 0 Å². The van der Waals surface area contributed by atoms with E-state index in [0.29, 0.717) is 0 Å². The summed E-state index contributed by atoms with van der Waals surface area (Å²) in [6.07, 6.45) is 0.355. The minimum Gasteiger partial charge on any atom is -0.347 e. The second-order valence-corrected chi connectivity index (χ2v) is 6.95. The molecule has 0 fully saturated rings. The SMILES string of the molecule is CC(=O)CCC(=O)NC(CCC(=O)C(C)(C)C)C(=O)NCC(C)=O. The molecule has 136 valence electrons. The molecule has 24 heavy (non-hydrogen) atoms. The van der Waals surface area contributed by atoms with Crippen molar-refractivity contribution in [1.29, 1.82) is 0 Å². The van der Waals surface area contributed by atoms with Crippen LogP contribution in [0.3, 0.4) is 0 Å². The lowest BCUT2D eigenvalue weighted by Gasteiger charge is -2.21. The molecule has 0 saturated carbocycles. The van der Waals surface area contributed by atoms with Gasteiger partial charge >= 0.3 is 0 Å². The number of carbonyl (C=O) groups excluding carboxylic acids is 5. The minimum atomic E-state index is -0.907. The molecule has 1 atom stereocenters. The topological polar surface area (TPSA) is 109 Å². The van der Waals surface area contributed by atoms with Gasteiger partial charge in [-0.25, -0.2) is 0 Å². The molecular weight excluding hydrogens is 312 g/mol. The lowest BCUT2D eigenvalue weighted by molar-refractivity contribution is -0.131. The molecule has 2 N–H and O–H groups in total. The number of carbonyl (C=O) groups is 5. The molecule has 7 heteroatoms. The molecule has 0 heterocycles. The summed E-state index contributed by atoms with van der Waals surface area (Å²) in [5.41, 5.74) is -0.529. The zero-order valence-electron chi connectivity index (χ0n) is 15.2. The molecule has 0 bridgehead atoms. The molecule has 1 unspecified atom stereocenters. The van der Waals surface area contributed by atoms with Gasteiger partial charge in [-0.05, 0) is 20.3 Å². The summed E-state index contributed by atoms with van der Waals surface area (Å²) in [4.78, 5) is 57.9. The van der Waals surface area contributed by atoms with Gasteiger partial charge in [-0.2, -0.15) is 0 Å². The second kappa shape index (κ2) is 9.95. The number of hydrogen-bond acceptors (Lipinski definition) is 5. The first-order valence-electron chi connectivity index (χ1n) is 8.02. The van der Waals surface area contributed by atoms with E-state index in [1.54, 1.807) is 20.8 Å². The summed E-state index contributed by atoms with van der Waals surface area (Å²) in [5.74, 6) is -1.30. The van der Waals surface area contributed by atoms with Gasteiger partial charge in [0.05, 0.1) is 6.54 Å². The van der Waals surface area contributed by atoms with Crippen LogP contribution >= 0.6 is 0 Å². The lowest BCUT2D eigenvalue weighted by atomic mass is 9.87. The molecule has 7 nitrogen and oxygen atoms in total. The van der Waals surface area contributed by atoms with Crippen LogP contribution in [-0.2, 0) is 24.0 Å². The van der Waals surface area contributed by atoms with Crippen LogP contribution in [-0.4, -0.2) is 41.8 Å². The Morgan fingerprint density at radius 2 is 1.46 bits per heavy atom. The Kier molecular flexibility index (Phi) is 9.10. The number of nitrogens with one attached hydrogen (secondary N) is 2. The molecule has 0 aliphatic rings. The number of Topliss-reactive ketones (excluding diaryl/α,β-unsaturated/α-hetero) is 3.